The predicted octanol–water partition coefficient (Wildman–Crippen LogP) is 1.89. The molecule has 0 radical (unpaired) electrons. The third kappa shape index (κ3) is 4.57. The van der Waals surface area contributed by atoms with E-state index in [0.717, 1.165) is 13.1 Å². The van der Waals surface area contributed by atoms with Gasteiger partial charge >= 0.3 is 0 Å². The number of benzene rings is 2. The van der Waals surface area contributed by atoms with E-state index >= 15 is 0 Å². The standard InChI is InChI=1S/C19H23N3O4S.ClH/c1-22(17-5-3-4-6-18(17)26-2)27(24,25)16-9-7-15(8-10-16)19(23)21-13-14-11-20-12-14;/h3-10,14,20H,11-13H2,1-2H3,(H,21,23);1H. The molecule has 2 N–H and O–H groups in total. The number of para-hydroxylation sites is 2. The molecule has 0 aromatic heterocycles. The average Bonchev–Trinajstić information content (AvgIpc) is 2.66. The second-order valence-electron chi connectivity index (χ2n) is 6.40. The lowest BCUT2D eigenvalue weighted by atomic mass is 10.0. The maximum absolute atomic E-state index is 12.9. The molecule has 0 unspecified atom stereocenters. The summed E-state index contributed by atoms with van der Waals surface area (Å²) in [6, 6.07) is 12.8. The molecule has 1 fully saturated rings. The van der Waals surface area contributed by atoms with Crippen LogP contribution in [0.3, 0.4) is 0 Å². The van der Waals surface area contributed by atoms with Gasteiger partial charge in [0.2, 0.25) is 0 Å². The van der Waals surface area contributed by atoms with Crippen molar-refractivity contribution in [2.75, 3.05) is 38.1 Å². The molecule has 1 heterocycles. The zero-order chi connectivity index (χ0) is 19.4. The first-order valence-electron chi connectivity index (χ1n) is 8.64. The molecule has 0 spiro atoms. The van der Waals surface area contributed by atoms with Crippen molar-refractivity contribution in [1.29, 1.82) is 0 Å². The molecule has 152 valence electrons. The Labute approximate surface area is 171 Å². The van der Waals surface area contributed by atoms with Crippen LogP contribution in [0.25, 0.3) is 0 Å². The lowest BCUT2D eigenvalue weighted by Gasteiger charge is -2.27. The quantitative estimate of drug-likeness (QED) is 0.707. The van der Waals surface area contributed by atoms with Crippen LogP contribution in [0.4, 0.5) is 5.69 Å². The third-order valence-electron chi connectivity index (χ3n) is 4.62. The number of sulfonamides is 1. The molecule has 1 aliphatic heterocycles. The summed E-state index contributed by atoms with van der Waals surface area (Å²) < 4.78 is 32.2. The Bertz CT molecular complexity index is 915. The van der Waals surface area contributed by atoms with Gasteiger partial charge in [0.05, 0.1) is 17.7 Å². The van der Waals surface area contributed by atoms with E-state index in [9.17, 15) is 13.2 Å². The van der Waals surface area contributed by atoms with Crippen molar-refractivity contribution in [3.63, 3.8) is 0 Å². The molecule has 2 aromatic carbocycles. The molecule has 3 rings (SSSR count). The number of nitrogens with zero attached hydrogens (tertiary/aromatic N) is 1. The summed E-state index contributed by atoms with van der Waals surface area (Å²) in [6.07, 6.45) is 0. The minimum Gasteiger partial charge on any atom is -0.495 e. The van der Waals surface area contributed by atoms with Gasteiger partial charge in [-0.3, -0.25) is 9.10 Å². The van der Waals surface area contributed by atoms with Crippen LogP contribution in [0.15, 0.2) is 53.4 Å². The van der Waals surface area contributed by atoms with Crippen molar-refractivity contribution >= 4 is 34.0 Å². The summed E-state index contributed by atoms with van der Waals surface area (Å²) >= 11 is 0. The Morgan fingerprint density at radius 3 is 2.39 bits per heavy atom. The van der Waals surface area contributed by atoms with Crippen LogP contribution in [0, 0.1) is 5.92 Å². The van der Waals surface area contributed by atoms with Crippen LogP contribution in [-0.2, 0) is 10.0 Å². The number of carbonyl (C=O) groups excluding carboxylic acids is 1. The van der Waals surface area contributed by atoms with Gasteiger partial charge in [0.25, 0.3) is 15.9 Å². The van der Waals surface area contributed by atoms with Gasteiger partial charge in [-0.25, -0.2) is 8.42 Å². The Hall–Kier alpha value is -2.29. The molecule has 1 saturated heterocycles. The Kier molecular flexibility index (Phi) is 7.29. The number of anilines is 1. The Balaban J connectivity index is 0.00000280. The molecule has 2 aromatic rings. The van der Waals surface area contributed by atoms with Gasteiger partial charge in [0, 0.05) is 38.2 Å². The van der Waals surface area contributed by atoms with Crippen LogP contribution in [0.1, 0.15) is 10.4 Å². The van der Waals surface area contributed by atoms with Crippen LogP contribution < -0.4 is 19.7 Å². The number of nitrogens with one attached hydrogen (secondary N) is 2. The van der Waals surface area contributed by atoms with E-state index in [1.807, 2.05) is 0 Å². The summed E-state index contributed by atoms with van der Waals surface area (Å²) in [5, 5.41) is 6.02. The van der Waals surface area contributed by atoms with Crippen LogP contribution in [0.5, 0.6) is 5.75 Å². The van der Waals surface area contributed by atoms with E-state index in [4.69, 9.17) is 4.74 Å². The molecule has 1 amide bonds. The highest BCUT2D eigenvalue weighted by atomic mass is 35.5. The van der Waals surface area contributed by atoms with Gasteiger partial charge in [-0.05, 0) is 36.4 Å². The van der Waals surface area contributed by atoms with Gasteiger partial charge in [-0.15, -0.1) is 12.4 Å². The number of hydrogen-bond donors (Lipinski definition) is 2. The maximum atomic E-state index is 12.9. The molecule has 9 heteroatoms. The van der Waals surface area contributed by atoms with E-state index in [-0.39, 0.29) is 23.2 Å². The first kappa shape index (κ1) is 22.0. The summed E-state index contributed by atoms with van der Waals surface area (Å²) in [5.41, 5.74) is 0.872. The first-order valence-corrected chi connectivity index (χ1v) is 10.1. The molecular weight excluding hydrogens is 402 g/mol. The third-order valence-corrected chi connectivity index (χ3v) is 6.40. The number of rotatable bonds is 7. The first-order chi connectivity index (χ1) is 12.9. The van der Waals surface area contributed by atoms with Crippen molar-refractivity contribution in [1.82, 2.24) is 10.6 Å². The highest BCUT2D eigenvalue weighted by Gasteiger charge is 2.24. The van der Waals surface area contributed by atoms with Gasteiger partial charge in [0.1, 0.15) is 5.75 Å². The highest BCUT2D eigenvalue weighted by molar-refractivity contribution is 7.92. The van der Waals surface area contributed by atoms with E-state index in [1.54, 1.807) is 24.3 Å². The van der Waals surface area contributed by atoms with Crippen molar-refractivity contribution in [2.24, 2.45) is 5.92 Å². The van der Waals surface area contributed by atoms with Crippen molar-refractivity contribution in [3.05, 3.63) is 54.1 Å². The Morgan fingerprint density at radius 1 is 1.18 bits per heavy atom. The normalized spacial score (nSPS) is 13.8. The number of hydrogen-bond acceptors (Lipinski definition) is 5. The molecule has 1 aliphatic rings. The van der Waals surface area contributed by atoms with E-state index in [2.05, 4.69) is 10.6 Å². The topological polar surface area (TPSA) is 87.7 Å². The summed E-state index contributed by atoms with van der Waals surface area (Å²) in [4.78, 5) is 12.3. The van der Waals surface area contributed by atoms with Crippen LogP contribution >= 0.6 is 12.4 Å². The fourth-order valence-electron chi connectivity index (χ4n) is 2.79. The predicted molar refractivity (Wildman–Crippen MR) is 111 cm³/mol. The van der Waals surface area contributed by atoms with Gasteiger partial charge < -0.3 is 15.4 Å². The second-order valence-corrected chi connectivity index (χ2v) is 8.37. The number of carbonyl (C=O) groups is 1. The lowest BCUT2D eigenvalue weighted by molar-refractivity contribution is 0.0942. The smallest absolute Gasteiger partial charge is 0.264 e. The van der Waals surface area contributed by atoms with Crippen LogP contribution in [0.2, 0.25) is 0 Å². The number of ether oxygens (including phenoxy) is 1. The lowest BCUT2D eigenvalue weighted by Crippen LogP contribution is -2.48. The number of halogens is 1. The molecular formula is C19H24ClN3O4S. The number of amides is 1. The number of methoxy groups -OCH3 is 1. The highest BCUT2D eigenvalue weighted by Crippen LogP contribution is 2.30. The summed E-state index contributed by atoms with van der Waals surface area (Å²) in [6.45, 7) is 2.43. The largest absolute Gasteiger partial charge is 0.495 e. The molecule has 0 saturated carbocycles. The summed E-state index contributed by atoms with van der Waals surface area (Å²) in [7, 11) is -0.809. The minimum absolute atomic E-state index is 0. The molecule has 0 aliphatic carbocycles. The Morgan fingerprint density at radius 2 is 1.82 bits per heavy atom. The molecule has 28 heavy (non-hydrogen) atoms. The van der Waals surface area contributed by atoms with E-state index < -0.39 is 10.0 Å². The van der Waals surface area contributed by atoms with Crippen molar-refractivity contribution < 1.29 is 17.9 Å². The monoisotopic (exact) mass is 425 g/mol. The fraction of sp³-hybridized carbons (Fsp3) is 0.316. The van der Waals surface area contributed by atoms with Crippen molar-refractivity contribution in [2.45, 2.75) is 4.90 Å². The van der Waals surface area contributed by atoms with Gasteiger partial charge in [-0.2, -0.15) is 0 Å². The zero-order valence-corrected chi connectivity index (χ0v) is 17.3. The molecule has 0 atom stereocenters. The van der Waals surface area contributed by atoms with Gasteiger partial charge in [-0.1, -0.05) is 12.1 Å². The van der Waals surface area contributed by atoms with E-state index in [1.165, 1.54) is 42.7 Å². The average molecular weight is 426 g/mol. The molecule has 7 nitrogen and oxygen atoms in total. The maximum Gasteiger partial charge on any atom is 0.264 e. The van der Waals surface area contributed by atoms with Crippen LogP contribution in [-0.4, -0.2) is 48.1 Å². The fourth-order valence-corrected chi connectivity index (χ4v) is 3.99. The van der Waals surface area contributed by atoms with Gasteiger partial charge in [0.15, 0.2) is 0 Å². The van der Waals surface area contributed by atoms with Crippen molar-refractivity contribution in [3.8, 4) is 5.75 Å². The second kappa shape index (κ2) is 9.27. The SMILES string of the molecule is COc1ccccc1N(C)S(=O)(=O)c1ccc(C(=O)NCC2CNC2)cc1.Cl. The zero-order valence-electron chi connectivity index (χ0n) is 15.7. The minimum atomic E-state index is -3.77. The molecule has 0 bridgehead atoms. The summed E-state index contributed by atoms with van der Waals surface area (Å²) in [5.74, 6) is 0.720. The van der Waals surface area contributed by atoms with E-state index in [0.29, 0.717) is 29.5 Å².